The topological polar surface area (TPSA) is 57.8 Å². The largest absolute Gasteiger partial charge is 0.347 e. The number of rotatable bonds is 4. The number of hydrogen-bond donors (Lipinski definition) is 2. The van der Waals surface area contributed by atoms with E-state index in [9.17, 15) is 4.79 Å². The highest BCUT2D eigenvalue weighted by atomic mass is 35.5. The van der Waals surface area contributed by atoms with E-state index in [4.69, 9.17) is 11.6 Å². The summed E-state index contributed by atoms with van der Waals surface area (Å²) in [6.07, 6.45) is 4.75. The van der Waals surface area contributed by atoms with Crippen LogP contribution in [0.1, 0.15) is 49.2 Å². The van der Waals surface area contributed by atoms with Gasteiger partial charge in [-0.05, 0) is 62.8 Å². The van der Waals surface area contributed by atoms with Gasteiger partial charge in [0, 0.05) is 10.7 Å². The lowest BCUT2D eigenvalue weighted by atomic mass is 9.93. The smallest absolute Gasteiger partial charge is 0.226 e. The summed E-state index contributed by atoms with van der Waals surface area (Å²) < 4.78 is 0. The van der Waals surface area contributed by atoms with Crippen LogP contribution in [0.2, 0.25) is 5.02 Å². The molecule has 0 aliphatic heterocycles. The summed E-state index contributed by atoms with van der Waals surface area (Å²) in [5, 5.41) is 11.2. The zero-order valence-electron chi connectivity index (χ0n) is 13.6. The first-order valence-electron chi connectivity index (χ1n) is 8.08. The van der Waals surface area contributed by atoms with E-state index >= 15 is 0 Å². The highest BCUT2D eigenvalue weighted by Gasteiger charge is 2.25. The average Bonchev–Trinajstić information content (AvgIpc) is 2.90. The first-order valence-corrected chi connectivity index (χ1v) is 8.45. The maximum atomic E-state index is 12.5. The van der Waals surface area contributed by atoms with E-state index in [0.717, 1.165) is 24.1 Å². The lowest BCUT2D eigenvalue weighted by molar-refractivity contribution is -0.122. The molecule has 2 aromatic rings. The number of benzene rings is 1. The third-order valence-corrected chi connectivity index (χ3v) is 4.70. The van der Waals surface area contributed by atoms with Crippen LogP contribution in [0.15, 0.2) is 24.3 Å². The minimum atomic E-state index is -0.474. The van der Waals surface area contributed by atoms with Crippen LogP contribution in [-0.2, 0) is 29.6 Å². The Morgan fingerprint density at radius 1 is 1.35 bits per heavy atom. The average molecular weight is 332 g/mol. The Hall–Kier alpha value is -1.81. The van der Waals surface area contributed by atoms with Gasteiger partial charge in [0.2, 0.25) is 5.91 Å². The third kappa shape index (κ3) is 3.58. The normalized spacial score (nSPS) is 14.4. The summed E-state index contributed by atoms with van der Waals surface area (Å²) in [4.78, 5) is 12.5. The molecular weight excluding hydrogens is 310 g/mol. The van der Waals surface area contributed by atoms with Crippen LogP contribution in [-0.4, -0.2) is 16.1 Å². The van der Waals surface area contributed by atoms with Crippen molar-refractivity contribution < 1.29 is 4.79 Å². The van der Waals surface area contributed by atoms with Crippen molar-refractivity contribution in [3.05, 3.63) is 51.8 Å². The van der Waals surface area contributed by atoms with Crippen LogP contribution in [0.4, 0.5) is 0 Å². The number of amides is 1. The predicted molar refractivity (Wildman–Crippen MR) is 91.6 cm³/mol. The predicted octanol–water partition coefficient (Wildman–Crippen LogP) is 3.54. The molecule has 1 aliphatic rings. The summed E-state index contributed by atoms with van der Waals surface area (Å²) in [6.45, 7) is 3.97. The van der Waals surface area contributed by atoms with Gasteiger partial charge in [0.15, 0.2) is 0 Å². The molecule has 2 N–H and O–H groups in total. The number of nitrogens with zero attached hydrogens (tertiary/aromatic N) is 1. The lowest BCUT2D eigenvalue weighted by Crippen LogP contribution is -2.41. The van der Waals surface area contributed by atoms with Crippen molar-refractivity contribution in [3.63, 3.8) is 0 Å². The fourth-order valence-corrected chi connectivity index (χ4v) is 3.38. The maximum absolute atomic E-state index is 12.5. The van der Waals surface area contributed by atoms with E-state index in [0.29, 0.717) is 11.4 Å². The first kappa shape index (κ1) is 16.1. The first-order chi connectivity index (χ1) is 11.0. The number of nitrogens with one attached hydrogen (secondary N) is 2. The molecule has 1 aromatic carbocycles. The van der Waals surface area contributed by atoms with Crippen molar-refractivity contribution in [2.24, 2.45) is 0 Å². The minimum absolute atomic E-state index is 0.0187. The molecule has 23 heavy (non-hydrogen) atoms. The van der Waals surface area contributed by atoms with E-state index in [2.05, 4.69) is 15.5 Å². The summed E-state index contributed by atoms with van der Waals surface area (Å²) in [5.74, 6) is -0.0187. The van der Waals surface area contributed by atoms with Gasteiger partial charge in [-0.3, -0.25) is 9.89 Å². The van der Waals surface area contributed by atoms with Crippen LogP contribution in [0.5, 0.6) is 0 Å². The van der Waals surface area contributed by atoms with Crippen LogP contribution < -0.4 is 5.32 Å². The fourth-order valence-electron chi connectivity index (χ4n) is 3.19. The molecule has 1 aliphatic carbocycles. The molecule has 1 amide bonds. The Labute approximate surface area is 141 Å². The summed E-state index contributed by atoms with van der Waals surface area (Å²) in [6, 6.07) is 7.59. The quantitative estimate of drug-likeness (QED) is 0.900. The number of carbonyl (C=O) groups excluding carboxylic acids is 1. The Balaban J connectivity index is 1.70. The molecule has 1 aromatic heterocycles. The molecule has 122 valence electrons. The number of hydrogen-bond acceptors (Lipinski definition) is 2. The number of aromatic nitrogens is 2. The van der Waals surface area contributed by atoms with Gasteiger partial charge in [0.25, 0.3) is 0 Å². The van der Waals surface area contributed by atoms with Gasteiger partial charge in [-0.2, -0.15) is 5.10 Å². The molecule has 3 rings (SSSR count). The van der Waals surface area contributed by atoms with Gasteiger partial charge in [-0.15, -0.1) is 0 Å². The van der Waals surface area contributed by atoms with Crippen LogP contribution >= 0.6 is 11.6 Å². The summed E-state index contributed by atoms with van der Waals surface area (Å²) in [7, 11) is 0. The number of H-pyrrole nitrogens is 1. The molecule has 0 saturated carbocycles. The molecular formula is C18H22ClN3O. The van der Waals surface area contributed by atoms with E-state index in [1.165, 1.54) is 24.1 Å². The standard InChI is InChI=1S/C18H22ClN3O/c1-18(2,12-6-5-7-13(19)10-12)20-17(23)11-16-14-8-3-4-9-15(14)21-22-16/h5-7,10H,3-4,8-9,11H2,1-2H3,(H,20,23)(H,21,22). The second-order valence-corrected chi connectivity index (χ2v) is 7.13. The molecule has 0 fully saturated rings. The third-order valence-electron chi connectivity index (χ3n) is 4.47. The number of aryl methyl sites for hydroxylation is 1. The van der Waals surface area contributed by atoms with Crippen molar-refractivity contribution >= 4 is 17.5 Å². The van der Waals surface area contributed by atoms with Crippen LogP contribution in [0.3, 0.4) is 0 Å². The van der Waals surface area contributed by atoms with Crippen molar-refractivity contribution in [2.75, 3.05) is 0 Å². The van der Waals surface area contributed by atoms with Gasteiger partial charge in [0.05, 0.1) is 17.7 Å². The van der Waals surface area contributed by atoms with E-state index in [-0.39, 0.29) is 5.91 Å². The Kier molecular flexibility index (Phi) is 4.44. The second kappa shape index (κ2) is 6.36. The maximum Gasteiger partial charge on any atom is 0.226 e. The molecule has 0 radical (unpaired) electrons. The molecule has 0 spiro atoms. The SMILES string of the molecule is CC(C)(NC(=O)Cc1n[nH]c2c1CCCC2)c1cccc(Cl)c1. The van der Waals surface area contributed by atoms with Crippen LogP contribution in [0.25, 0.3) is 0 Å². The molecule has 0 saturated heterocycles. The van der Waals surface area contributed by atoms with Crippen molar-refractivity contribution in [3.8, 4) is 0 Å². The lowest BCUT2D eigenvalue weighted by Gasteiger charge is -2.27. The van der Waals surface area contributed by atoms with E-state index in [1.54, 1.807) is 0 Å². The van der Waals surface area contributed by atoms with Gasteiger partial charge in [0.1, 0.15) is 0 Å². The molecule has 0 unspecified atom stereocenters. The zero-order valence-corrected chi connectivity index (χ0v) is 14.3. The summed E-state index contributed by atoms with van der Waals surface area (Å²) >= 11 is 6.06. The number of carbonyl (C=O) groups is 1. The van der Waals surface area contributed by atoms with Crippen molar-refractivity contribution in [1.82, 2.24) is 15.5 Å². The molecule has 4 nitrogen and oxygen atoms in total. The van der Waals surface area contributed by atoms with Gasteiger partial charge >= 0.3 is 0 Å². The van der Waals surface area contributed by atoms with Crippen LogP contribution in [0, 0.1) is 0 Å². The van der Waals surface area contributed by atoms with Gasteiger partial charge in [-0.25, -0.2) is 0 Å². The molecule has 1 heterocycles. The van der Waals surface area contributed by atoms with Gasteiger partial charge in [-0.1, -0.05) is 23.7 Å². The molecule has 5 heteroatoms. The van der Waals surface area contributed by atoms with E-state index in [1.807, 2.05) is 38.1 Å². The summed E-state index contributed by atoms with van der Waals surface area (Å²) in [5.41, 5.74) is 3.85. The van der Waals surface area contributed by atoms with Crippen molar-refractivity contribution in [2.45, 2.75) is 51.5 Å². The fraction of sp³-hybridized carbons (Fsp3) is 0.444. The number of halogens is 1. The van der Waals surface area contributed by atoms with Gasteiger partial charge < -0.3 is 5.32 Å². The second-order valence-electron chi connectivity index (χ2n) is 6.69. The van der Waals surface area contributed by atoms with Crippen molar-refractivity contribution in [1.29, 1.82) is 0 Å². The Bertz CT molecular complexity index is 721. The molecule has 0 bridgehead atoms. The van der Waals surface area contributed by atoms with E-state index < -0.39 is 5.54 Å². The highest BCUT2D eigenvalue weighted by Crippen LogP contribution is 2.25. The number of fused-ring (bicyclic) bond motifs is 1. The highest BCUT2D eigenvalue weighted by molar-refractivity contribution is 6.30. The molecule has 0 atom stereocenters. The minimum Gasteiger partial charge on any atom is -0.347 e. The monoisotopic (exact) mass is 331 g/mol. The zero-order chi connectivity index (χ0) is 16.4. The Morgan fingerprint density at radius 3 is 2.91 bits per heavy atom. The Morgan fingerprint density at radius 2 is 2.13 bits per heavy atom. The number of aromatic amines is 1.